The molecular weight excluding hydrogens is 540 g/mol. The first kappa shape index (κ1) is 32.7. The van der Waals surface area contributed by atoms with Gasteiger partial charge in [0.25, 0.3) is 0 Å². The molecule has 0 fully saturated rings. The minimum Gasteiger partial charge on any atom is -0.481 e. The molecule has 2 aromatic rings. The fourth-order valence-electron chi connectivity index (χ4n) is 4.10. The molecule has 1 aromatic carbocycles. The van der Waals surface area contributed by atoms with Crippen LogP contribution >= 0.6 is 0 Å². The van der Waals surface area contributed by atoms with Gasteiger partial charge in [0.05, 0.1) is 12.5 Å². The average molecular weight is 577 g/mol. The van der Waals surface area contributed by atoms with Gasteiger partial charge in [-0.25, -0.2) is 4.79 Å². The van der Waals surface area contributed by atoms with Crippen LogP contribution in [0.5, 0.6) is 0 Å². The SMILES string of the molecule is NCCCCC(NC(=O)C(CC(=O)O)NC(=O)C(N)CCC(=O)O)C(=O)NC(Cc1c[nH]c2ccccc12)C(=O)O. The van der Waals surface area contributed by atoms with E-state index in [4.69, 9.17) is 16.6 Å². The van der Waals surface area contributed by atoms with E-state index in [-0.39, 0.29) is 19.3 Å². The van der Waals surface area contributed by atoms with Crippen molar-refractivity contribution in [1.29, 1.82) is 0 Å². The van der Waals surface area contributed by atoms with Crippen molar-refractivity contribution in [2.24, 2.45) is 11.5 Å². The van der Waals surface area contributed by atoms with E-state index in [1.807, 2.05) is 18.2 Å². The van der Waals surface area contributed by atoms with Crippen molar-refractivity contribution in [1.82, 2.24) is 20.9 Å². The normalized spacial score (nSPS) is 13.9. The smallest absolute Gasteiger partial charge is 0.326 e. The molecule has 4 atom stereocenters. The average Bonchev–Trinajstić information content (AvgIpc) is 3.32. The Balaban J connectivity index is 2.17. The number of carboxylic acid groups (broad SMARTS) is 3. The van der Waals surface area contributed by atoms with Gasteiger partial charge in [0.2, 0.25) is 17.7 Å². The predicted octanol–water partition coefficient (Wildman–Crippen LogP) is -0.955. The van der Waals surface area contributed by atoms with E-state index >= 15 is 0 Å². The topological polar surface area (TPSA) is 267 Å². The number of benzene rings is 1. The number of aliphatic carboxylic acids is 3. The zero-order valence-corrected chi connectivity index (χ0v) is 22.3. The summed E-state index contributed by atoms with van der Waals surface area (Å²) in [6.07, 6.45) is 1.000. The van der Waals surface area contributed by atoms with Crippen LogP contribution < -0.4 is 27.4 Å². The highest BCUT2D eigenvalue weighted by Gasteiger charge is 2.31. The summed E-state index contributed by atoms with van der Waals surface area (Å²) in [5, 5.41) is 35.6. The highest BCUT2D eigenvalue weighted by Crippen LogP contribution is 2.19. The van der Waals surface area contributed by atoms with Crippen LogP contribution in [0.4, 0.5) is 0 Å². The number of rotatable bonds is 18. The van der Waals surface area contributed by atoms with Crippen LogP contribution in [0.15, 0.2) is 30.5 Å². The Morgan fingerprint density at radius 3 is 2.07 bits per heavy atom. The lowest BCUT2D eigenvalue weighted by molar-refractivity contribution is -0.143. The lowest BCUT2D eigenvalue weighted by atomic mass is 10.0. The van der Waals surface area contributed by atoms with Gasteiger partial charge in [-0.3, -0.25) is 24.0 Å². The molecule has 4 unspecified atom stereocenters. The van der Waals surface area contributed by atoms with Crippen molar-refractivity contribution in [2.75, 3.05) is 6.54 Å². The molecule has 2 rings (SSSR count). The van der Waals surface area contributed by atoms with Crippen molar-refractivity contribution in [2.45, 2.75) is 69.1 Å². The van der Waals surface area contributed by atoms with Gasteiger partial charge in [-0.2, -0.15) is 0 Å². The Morgan fingerprint density at radius 2 is 1.44 bits per heavy atom. The van der Waals surface area contributed by atoms with E-state index in [1.54, 1.807) is 12.3 Å². The minimum absolute atomic E-state index is 0.0551. The van der Waals surface area contributed by atoms with Crippen molar-refractivity contribution < 1.29 is 44.1 Å². The van der Waals surface area contributed by atoms with Crippen LogP contribution in [-0.2, 0) is 35.2 Å². The summed E-state index contributed by atoms with van der Waals surface area (Å²) in [6, 6.07) is 1.66. The van der Waals surface area contributed by atoms with Crippen molar-refractivity contribution in [3.8, 4) is 0 Å². The number of aromatic nitrogens is 1. The first-order valence-corrected chi connectivity index (χ1v) is 13.0. The first-order valence-electron chi connectivity index (χ1n) is 13.0. The lowest BCUT2D eigenvalue weighted by Crippen LogP contribution is -2.57. The number of nitrogens with two attached hydrogens (primary N) is 2. The van der Waals surface area contributed by atoms with E-state index in [2.05, 4.69) is 20.9 Å². The second-order valence-electron chi connectivity index (χ2n) is 9.51. The molecule has 1 heterocycles. The Labute approximate surface area is 235 Å². The summed E-state index contributed by atoms with van der Waals surface area (Å²) in [6.45, 7) is 0.298. The highest BCUT2D eigenvalue weighted by atomic mass is 16.4. The fraction of sp³-hybridized carbons (Fsp3) is 0.462. The first-order chi connectivity index (χ1) is 19.4. The third-order valence-corrected chi connectivity index (χ3v) is 6.31. The molecule has 11 N–H and O–H groups in total. The van der Waals surface area contributed by atoms with Crippen LogP contribution in [0.1, 0.15) is 44.1 Å². The van der Waals surface area contributed by atoms with E-state index in [0.717, 1.165) is 10.9 Å². The molecule has 0 aliphatic rings. The Bertz CT molecular complexity index is 1250. The molecule has 0 aliphatic heterocycles. The lowest BCUT2D eigenvalue weighted by Gasteiger charge is -2.24. The fourth-order valence-corrected chi connectivity index (χ4v) is 4.10. The monoisotopic (exact) mass is 576 g/mol. The molecule has 3 amide bonds. The molecule has 0 aliphatic carbocycles. The van der Waals surface area contributed by atoms with Crippen molar-refractivity contribution in [3.05, 3.63) is 36.0 Å². The summed E-state index contributed by atoms with van der Waals surface area (Å²) in [5.74, 6) is -6.70. The number of aromatic amines is 1. The van der Waals surface area contributed by atoms with Crippen LogP contribution in [0.2, 0.25) is 0 Å². The number of unbranched alkanes of at least 4 members (excludes halogenated alkanes) is 1. The number of fused-ring (bicyclic) bond motifs is 1. The highest BCUT2D eigenvalue weighted by molar-refractivity contribution is 5.96. The Hall–Kier alpha value is -4.50. The molecule has 15 nitrogen and oxygen atoms in total. The maximum atomic E-state index is 13.2. The Morgan fingerprint density at radius 1 is 0.805 bits per heavy atom. The third kappa shape index (κ3) is 10.5. The van der Waals surface area contributed by atoms with Gasteiger partial charge in [-0.05, 0) is 43.9 Å². The van der Waals surface area contributed by atoms with E-state index in [0.29, 0.717) is 24.9 Å². The summed E-state index contributed by atoms with van der Waals surface area (Å²) in [4.78, 5) is 75.8. The van der Waals surface area contributed by atoms with Crippen molar-refractivity contribution in [3.63, 3.8) is 0 Å². The molecule has 1 aromatic heterocycles. The van der Waals surface area contributed by atoms with Crippen LogP contribution in [0, 0.1) is 0 Å². The van der Waals surface area contributed by atoms with Gasteiger partial charge in [0.15, 0.2) is 0 Å². The molecular formula is C26H36N6O9. The number of para-hydroxylation sites is 1. The van der Waals surface area contributed by atoms with Crippen LogP contribution in [0.25, 0.3) is 10.9 Å². The molecule has 0 saturated heterocycles. The zero-order chi connectivity index (χ0) is 30.5. The standard InChI is InChI=1S/C26H36N6O9/c27-10-4-3-7-18(30-25(39)19(12-22(35)36)31-23(37)16(28)8-9-21(33)34)24(38)32-20(26(40)41)11-14-13-29-17-6-2-1-5-15(14)17/h1-2,5-6,13,16,18-20,29H,3-4,7-12,27-28H2,(H,30,39)(H,31,37)(H,32,38)(H,33,34)(H,35,36)(H,40,41). The van der Waals surface area contributed by atoms with E-state index in [1.165, 1.54) is 0 Å². The number of hydrogen-bond donors (Lipinski definition) is 9. The minimum atomic E-state index is -1.64. The number of carbonyl (C=O) groups excluding carboxylic acids is 3. The zero-order valence-electron chi connectivity index (χ0n) is 22.3. The number of nitrogens with one attached hydrogen (secondary N) is 4. The molecule has 224 valence electrons. The van der Waals surface area contributed by atoms with Gasteiger partial charge in [-0.15, -0.1) is 0 Å². The molecule has 0 saturated carbocycles. The largest absolute Gasteiger partial charge is 0.481 e. The third-order valence-electron chi connectivity index (χ3n) is 6.31. The Kier molecular flexibility index (Phi) is 12.7. The van der Waals surface area contributed by atoms with E-state index < -0.39 is 72.6 Å². The van der Waals surface area contributed by atoms with Gasteiger partial charge < -0.3 is 47.7 Å². The second-order valence-corrected chi connectivity index (χ2v) is 9.51. The predicted molar refractivity (Wildman–Crippen MR) is 145 cm³/mol. The van der Waals surface area contributed by atoms with Crippen LogP contribution in [-0.4, -0.2) is 86.6 Å². The maximum Gasteiger partial charge on any atom is 0.326 e. The summed E-state index contributed by atoms with van der Waals surface area (Å²) < 4.78 is 0. The summed E-state index contributed by atoms with van der Waals surface area (Å²) >= 11 is 0. The molecule has 41 heavy (non-hydrogen) atoms. The molecule has 0 bridgehead atoms. The van der Waals surface area contributed by atoms with Gasteiger partial charge in [0.1, 0.15) is 18.1 Å². The van der Waals surface area contributed by atoms with E-state index in [9.17, 15) is 39.0 Å². The molecule has 0 spiro atoms. The molecule has 0 radical (unpaired) electrons. The van der Waals surface area contributed by atoms with Gasteiger partial charge in [0, 0.05) is 29.9 Å². The quantitative estimate of drug-likeness (QED) is 0.0976. The number of H-pyrrole nitrogens is 1. The van der Waals surface area contributed by atoms with Crippen LogP contribution in [0.3, 0.4) is 0 Å². The van der Waals surface area contributed by atoms with Gasteiger partial charge >= 0.3 is 17.9 Å². The summed E-state index contributed by atoms with van der Waals surface area (Å²) in [5.41, 5.74) is 12.6. The molecule has 15 heteroatoms. The van der Waals surface area contributed by atoms with Gasteiger partial charge in [-0.1, -0.05) is 18.2 Å². The number of carbonyl (C=O) groups is 6. The number of carboxylic acids is 3. The second kappa shape index (κ2) is 15.9. The number of hydrogen-bond acceptors (Lipinski definition) is 8. The number of amides is 3. The summed E-state index contributed by atoms with van der Waals surface area (Å²) in [7, 11) is 0. The van der Waals surface area contributed by atoms with Crippen molar-refractivity contribution >= 4 is 46.5 Å². The maximum absolute atomic E-state index is 13.2.